The van der Waals surface area contributed by atoms with Gasteiger partial charge in [0.25, 0.3) is 5.91 Å². The lowest BCUT2D eigenvalue weighted by Gasteiger charge is -2.20. The molecular formula is C25H25NO5. The smallest absolute Gasteiger partial charge is 0.326 e. The van der Waals surface area contributed by atoms with E-state index in [4.69, 9.17) is 9.47 Å². The minimum Gasteiger partial charge on any atom is -0.489 e. The SMILES string of the molecule is CO[C@H](C(=O)N[C@H](Cc1ccc(OCc2ccccc2)cc1)C(=O)O)c1ccccc1. The highest BCUT2D eigenvalue weighted by Crippen LogP contribution is 2.18. The number of carboxylic acids is 1. The number of carboxylic acid groups (broad SMARTS) is 1. The van der Waals surface area contributed by atoms with E-state index in [1.54, 1.807) is 48.5 Å². The molecule has 0 aliphatic carbocycles. The first-order valence-electron chi connectivity index (χ1n) is 9.93. The number of rotatable bonds is 10. The van der Waals surface area contributed by atoms with Crippen molar-refractivity contribution in [3.05, 3.63) is 102 Å². The molecule has 0 aromatic heterocycles. The summed E-state index contributed by atoms with van der Waals surface area (Å²) in [6.07, 6.45) is -0.734. The minimum atomic E-state index is -1.11. The van der Waals surface area contributed by atoms with Gasteiger partial charge in [-0.15, -0.1) is 0 Å². The molecule has 3 rings (SSSR count). The molecule has 0 aliphatic rings. The molecule has 0 unspecified atom stereocenters. The Bertz CT molecular complexity index is 974. The first kappa shape index (κ1) is 22.1. The molecular weight excluding hydrogens is 394 g/mol. The Labute approximate surface area is 181 Å². The molecule has 2 atom stereocenters. The molecule has 0 heterocycles. The average Bonchev–Trinajstić information content (AvgIpc) is 2.80. The highest BCUT2D eigenvalue weighted by atomic mass is 16.5. The molecule has 0 saturated carbocycles. The number of amides is 1. The number of hydrogen-bond donors (Lipinski definition) is 2. The first-order chi connectivity index (χ1) is 15.1. The molecule has 3 aromatic rings. The van der Waals surface area contributed by atoms with E-state index in [9.17, 15) is 14.7 Å². The third-order valence-electron chi connectivity index (χ3n) is 4.80. The zero-order valence-corrected chi connectivity index (χ0v) is 17.2. The van der Waals surface area contributed by atoms with E-state index in [1.807, 2.05) is 36.4 Å². The summed E-state index contributed by atoms with van der Waals surface area (Å²) in [6, 6.07) is 24.9. The second-order valence-corrected chi connectivity index (χ2v) is 7.05. The predicted molar refractivity (Wildman–Crippen MR) is 117 cm³/mol. The van der Waals surface area contributed by atoms with Gasteiger partial charge in [-0.25, -0.2) is 4.79 Å². The molecule has 31 heavy (non-hydrogen) atoms. The van der Waals surface area contributed by atoms with Crippen LogP contribution >= 0.6 is 0 Å². The standard InChI is InChI=1S/C25H25NO5/c1-30-23(20-10-6-3-7-11-20)24(27)26-22(25(28)29)16-18-12-14-21(15-13-18)31-17-19-8-4-2-5-9-19/h2-15,22-23H,16-17H2,1H3,(H,26,27)(H,28,29)/t22-,23+/m1/s1. The van der Waals surface area contributed by atoms with E-state index in [0.717, 1.165) is 11.1 Å². The van der Waals surface area contributed by atoms with E-state index in [0.29, 0.717) is 17.9 Å². The fraction of sp³-hybridized carbons (Fsp3) is 0.200. The largest absolute Gasteiger partial charge is 0.489 e. The van der Waals surface area contributed by atoms with E-state index < -0.39 is 24.0 Å². The minimum absolute atomic E-state index is 0.144. The lowest BCUT2D eigenvalue weighted by atomic mass is 10.0. The van der Waals surface area contributed by atoms with Crippen molar-refractivity contribution in [3.8, 4) is 5.75 Å². The summed E-state index contributed by atoms with van der Waals surface area (Å²) in [7, 11) is 1.42. The Balaban J connectivity index is 1.60. The van der Waals surface area contributed by atoms with Crippen LogP contribution in [0.5, 0.6) is 5.75 Å². The second kappa shape index (κ2) is 10.9. The highest BCUT2D eigenvalue weighted by molar-refractivity contribution is 5.87. The van der Waals surface area contributed by atoms with Crippen LogP contribution in [0.1, 0.15) is 22.8 Å². The zero-order valence-electron chi connectivity index (χ0n) is 17.2. The molecule has 0 aliphatic heterocycles. The maximum absolute atomic E-state index is 12.6. The Morgan fingerprint density at radius 2 is 1.48 bits per heavy atom. The van der Waals surface area contributed by atoms with Gasteiger partial charge < -0.3 is 19.9 Å². The fourth-order valence-corrected chi connectivity index (χ4v) is 3.17. The number of ether oxygens (including phenoxy) is 2. The molecule has 0 fully saturated rings. The van der Waals surface area contributed by atoms with Gasteiger partial charge in [0.1, 0.15) is 18.4 Å². The Morgan fingerprint density at radius 1 is 0.871 bits per heavy atom. The maximum atomic E-state index is 12.6. The van der Waals surface area contributed by atoms with Crippen LogP contribution in [0.2, 0.25) is 0 Å². The lowest BCUT2D eigenvalue weighted by molar-refractivity contribution is -0.144. The van der Waals surface area contributed by atoms with Gasteiger partial charge in [0, 0.05) is 13.5 Å². The molecule has 6 nitrogen and oxygen atoms in total. The summed E-state index contributed by atoms with van der Waals surface area (Å²) >= 11 is 0. The second-order valence-electron chi connectivity index (χ2n) is 7.05. The van der Waals surface area contributed by atoms with Crippen molar-refractivity contribution >= 4 is 11.9 Å². The molecule has 0 radical (unpaired) electrons. The van der Waals surface area contributed by atoms with E-state index in [1.165, 1.54) is 7.11 Å². The molecule has 0 spiro atoms. The van der Waals surface area contributed by atoms with Crippen molar-refractivity contribution in [1.82, 2.24) is 5.32 Å². The van der Waals surface area contributed by atoms with Gasteiger partial charge in [0.2, 0.25) is 0 Å². The zero-order chi connectivity index (χ0) is 22.1. The van der Waals surface area contributed by atoms with Crippen molar-refractivity contribution in [2.24, 2.45) is 0 Å². The van der Waals surface area contributed by atoms with Crippen molar-refractivity contribution in [3.63, 3.8) is 0 Å². The van der Waals surface area contributed by atoms with Gasteiger partial charge in [-0.1, -0.05) is 72.8 Å². The Kier molecular flexibility index (Phi) is 7.79. The van der Waals surface area contributed by atoms with E-state index in [-0.39, 0.29) is 6.42 Å². The molecule has 160 valence electrons. The van der Waals surface area contributed by atoms with Crippen molar-refractivity contribution in [1.29, 1.82) is 0 Å². The third kappa shape index (κ3) is 6.42. The van der Waals surface area contributed by atoms with Crippen LogP contribution in [-0.4, -0.2) is 30.1 Å². The van der Waals surface area contributed by atoms with Crippen LogP contribution in [0.25, 0.3) is 0 Å². The topological polar surface area (TPSA) is 84.9 Å². The van der Waals surface area contributed by atoms with Crippen LogP contribution in [-0.2, 0) is 27.4 Å². The molecule has 6 heteroatoms. The van der Waals surface area contributed by atoms with Crippen LogP contribution in [0.4, 0.5) is 0 Å². The summed E-state index contributed by atoms with van der Waals surface area (Å²) < 4.78 is 11.0. The van der Waals surface area contributed by atoms with Crippen molar-refractivity contribution < 1.29 is 24.2 Å². The highest BCUT2D eigenvalue weighted by Gasteiger charge is 2.26. The molecule has 1 amide bonds. The number of nitrogens with one attached hydrogen (secondary N) is 1. The summed E-state index contributed by atoms with van der Waals surface area (Å²) in [5, 5.41) is 12.2. The monoisotopic (exact) mass is 419 g/mol. The summed E-state index contributed by atoms with van der Waals surface area (Å²) in [6.45, 7) is 0.450. The summed E-state index contributed by atoms with van der Waals surface area (Å²) in [5.41, 5.74) is 2.49. The summed E-state index contributed by atoms with van der Waals surface area (Å²) in [5.74, 6) is -0.920. The van der Waals surface area contributed by atoms with Gasteiger partial charge in [0.15, 0.2) is 6.10 Å². The number of hydrogen-bond acceptors (Lipinski definition) is 4. The third-order valence-corrected chi connectivity index (χ3v) is 4.80. The molecule has 0 bridgehead atoms. The normalized spacial score (nSPS) is 12.5. The maximum Gasteiger partial charge on any atom is 0.326 e. The quantitative estimate of drug-likeness (QED) is 0.523. The van der Waals surface area contributed by atoms with Gasteiger partial charge in [0.05, 0.1) is 0 Å². The van der Waals surface area contributed by atoms with Gasteiger partial charge in [-0.05, 0) is 28.8 Å². The molecule has 3 aromatic carbocycles. The van der Waals surface area contributed by atoms with E-state index in [2.05, 4.69) is 5.32 Å². The Hall–Kier alpha value is -3.64. The Morgan fingerprint density at radius 3 is 2.06 bits per heavy atom. The predicted octanol–water partition coefficient (Wildman–Crippen LogP) is 3.77. The molecule has 2 N–H and O–H groups in total. The fourth-order valence-electron chi connectivity index (χ4n) is 3.17. The van der Waals surface area contributed by atoms with Crippen LogP contribution < -0.4 is 10.1 Å². The van der Waals surface area contributed by atoms with Gasteiger partial charge in [-0.2, -0.15) is 0 Å². The number of benzene rings is 3. The lowest BCUT2D eigenvalue weighted by Crippen LogP contribution is -2.44. The first-order valence-corrected chi connectivity index (χ1v) is 9.93. The average molecular weight is 419 g/mol. The van der Waals surface area contributed by atoms with E-state index >= 15 is 0 Å². The van der Waals surface area contributed by atoms with Crippen molar-refractivity contribution in [2.45, 2.75) is 25.2 Å². The van der Waals surface area contributed by atoms with Crippen molar-refractivity contribution in [2.75, 3.05) is 7.11 Å². The molecule has 0 saturated heterocycles. The van der Waals surface area contributed by atoms with Gasteiger partial charge in [-0.3, -0.25) is 4.79 Å². The number of carbonyl (C=O) groups is 2. The van der Waals surface area contributed by atoms with Crippen LogP contribution in [0.15, 0.2) is 84.9 Å². The number of carbonyl (C=O) groups excluding carboxylic acids is 1. The number of methoxy groups -OCH3 is 1. The van der Waals surface area contributed by atoms with Crippen LogP contribution in [0.3, 0.4) is 0 Å². The number of aliphatic carboxylic acids is 1. The van der Waals surface area contributed by atoms with Gasteiger partial charge >= 0.3 is 5.97 Å². The summed E-state index contributed by atoms with van der Waals surface area (Å²) in [4.78, 5) is 24.4. The van der Waals surface area contributed by atoms with Crippen LogP contribution in [0, 0.1) is 0 Å².